The van der Waals surface area contributed by atoms with Gasteiger partial charge in [0.15, 0.2) is 5.17 Å². The van der Waals surface area contributed by atoms with Crippen LogP contribution in [0.5, 0.6) is 0 Å². The van der Waals surface area contributed by atoms with Gasteiger partial charge in [0, 0.05) is 11.4 Å². The normalized spacial score (nSPS) is 19.1. The highest BCUT2D eigenvalue weighted by Gasteiger charge is 2.27. The summed E-state index contributed by atoms with van der Waals surface area (Å²) in [4.78, 5) is 4.83. The van der Waals surface area contributed by atoms with Crippen LogP contribution in [0, 0.1) is 23.7 Å². The Morgan fingerprint density at radius 1 is 1.40 bits per heavy atom. The average Bonchev–Trinajstić information content (AvgIpc) is 2.41. The fourth-order valence-corrected chi connectivity index (χ4v) is 3.07. The monoisotopic (exact) mass is 287 g/mol. The van der Waals surface area contributed by atoms with E-state index in [-0.39, 0.29) is 5.41 Å². The maximum Gasteiger partial charge on any atom is 0.161 e. The fraction of sp³-hybridized carbons (Fsp3) is 0.500. The van der Waals surface area contributed by atoms with Crippen molar-refractivity contribution < 1.29 is 0 Å². The van der Waals surface area contributed by atoms with Gasteiger partial charge >= 0.3 is 0 Å². The van der Waals surface area contributed by atoms with Crippen molar-refractivity contribution in [2.24, 2.45) is 10.4 Å². The van der Waals surface area contributed by atoms with Gasteiger partial charge in [0.25, 0.3) is 0 Å². The maximum atomic E-state index is 8.99. The number of amidine groups is 1. The molecule has 1 aliphatic rings. The number of nitrogens with zero attached hydrogens (tertiary/aromatic N) is 2. The molecule has 0 amide bonds. The standard InChI is InChI=1S/C16H21N3S/c1-11-5-6-12(10-17)9-13(11)18-15-19-14(7-8-20-15)16(2,3)4/h5-6,9,14H,7-8H2,1-4H3,(H,18,19). The van der Waals surface area contributed by atoms with Crippen molar-refractivity contribution in [2.45, 2.75) is 40.2 Å². The summed E-state index contributed by atoms with van der Waals surface area (Å²) in [6.07, 6.45) is 1.12. The molecule has 1 unspecified atom stereocenters. The van der Waals surface area contributed by atoms with Gasteiger partial charge in [-0.3, -0.25) is 4.99 Å². The van der Waals surface area contributed by atoms with Crippen LogP contribution in [0.1, 0.15) is 38.3 Å². The first-order chi connectivity index (χ1) is 9.40. The molecule has 1 aliphatic heterocycles. The third-order valence-electron chi connectivity index (χ3n) is 3.51. The van der Waals surface area contributed by atoms with Crippen molar-refractivity contribution in [3.8, 4) is 6.07 Å². The van der Waals surface area contributed by atoms with Crippen LogP contribution in [0.15, 0.2) is 23.2 Å². The van der Waals surface area contributed by atoms with Gasteiger partial charge in [-0.2, -0.15) is 5.26 Å². The third kappa shape index (κ3) is 3.55. The van der Waals surface area contributed by atoms with E-state index in [1.165, 1.54) is 0 Å². The average molecular weight is 287 g/mol. The Labute approximate surface area is 125 Å². The third-order valence-corrected chi connectivity index (χ3v) is 4.43. The van der Waals surface area contributed by atoms with Gasteiger partial charge in [0.1, 0.15) is 0 Å². The Morgan fingerprint density at radius 3 is 2.80 bits per heavy atom. The second-order valence-electron chi connectivity index (χ2n) is 6.22. The molecule has 0 aromatic heterocycles. The van der Waals surface area contributed by atoms with Gasteiger partial charge in [-0.15, -0.1) is 0 Å². The molecule has 1 atom stereocenters. The predicted molar refractivity (Wildman–Crippen MR) is 87.3 cm³/mol. The second kappa shape index (κ2) is 5.88. The summed E-state index contributed by atoms with van der Waals surface area (Å²) in [6.45, 7) is 8.74. The molecule has 4 heteroatoms. The van der Waals surface area contributed by atoms with Gasteiger partial charge in [-0.25, -0.2) is 0 Å². The zero-order valence-electron chi connectivity index (χ0n) is 12.5. The largest absolute Gasteiger partial charge is 0.335 e. The first-order valence-corrected chi connectivity index (χ1v) is 7.87. The summed E-state index contributed by atoms with van der Waals surface area (Å²) in [5.74, 6) is 1.09. The van der Waals surface area contributed by atoms with E-state index in [4.69, 9.17) is 10.3 Å². The second-order valence-corrected chi connectivity index (χ2v) is 7.30. The van der Waals surface area contributed by atoms with E-state index in [2.05, 4.69) is 32.2 Å². The summed E-state index contributed by atoms with van der Waals surface area (Å²) in [7, 11) is 0. The van der Waals surface area contributed by atoms with E-state index in [1.54, 1.807) is 11.8 Å². The Hall–Kier alpha value is -1.47. The molecule has 0 saturated heterocycles. The molecule has 0 aliphatic carbocycles. The molecule has 20 heavy (non-hydrogen) atoms. The minimum atomic E-state index is 0.192. The number of hydrogen-bond acceptors (Lipinski definition) is 4. The van der Waals surface area contributed by atoms with Gasteiger partial charge in [-0.05, 0) is 36.5 Å². The molecule has 1 heterocycles. The molecule has 0 spiro atoms. The van der Waals surface area contributed by atoms with Gasteiger partial charge < -0.3 is 5.32 Å². The number of nitrogens with one attached hydrogen (secondary N) is 1. The number of hydrogen-bond donors (Lipinski definition) is 1. The number of aryl methyl sites for hydroxylation is 1. The Balaban J connectivity index is 2.22. The summed E-state index contributed by atoms with van der Waals surface area (Å²) in [5.41, 5.74) is 2.97. The molecule has 1 aromatic rings. The molecule has 0 saturated carbocycles. The lowest BCUT2D eigenvalue weighted by Gasteiger charge is -2.31. The lowest BCUT2D eigenvalue weighted by molar-refractivity contribution is 0.316. The van der Waals surface area contributed by atoms with Crippen LogP contribution >= 0.6 is 11.8 Å². The lowest BCUT2D eigenvalue weighted by Crippen LogP contribution is -2.30. The van der Waals surface area contributed by atoms with Crippen molar-refractivity contribution >= 4 is 22.6 Å². The Morgan fingerprint density at radius 2 is 2.15 bits per heavy atom. The van der Waals surface area contributed by atoms with Crippen LogP contribution in [-0.2, 0) is 0 Å². The number of nitriles is 1. The van der Waals surface area contributed by atoms with Gasteiger partial charge in [0.2, 0.25) is 0 Å². The van der Waals surface area contributed by atoms with Crippen LogP contribution in [0.3, 0.4) is 0 Å². The van der Waals surface area contributed by atoms with E-state index in [0.29, 0.717) is 11.6 Å². The topological polar surface area (TPSA) is 48.2 Å². The van der Waals surface area contributed by atoms with Crippen molar-refractivity contribution in [3.05, 3.63) is 29.3 Å². The number of aliphatic imine (C=N–C) groups is 1. The van der Waals surface area contributed by atoms with Crippen molar-refractivity contribution in [1.29, 1.82) is 5.26 Å². The lowest BCUT2D eigenvalue weighted by atomic mass is 9.85. The SMILES string of the molecule is Cc1ccc(C#N)cc1NC1=NC(C(C)(C)C)CCS1. The zero-order valence-corrected chi connectivity index (χ0v) is 13.3. The van der Waals surface area contributed by atoms with Crippen LogP contribution in [0.25, 0.3) is 0 Å². The van der Waals surface area contributed by atoms with Crippen molar-refractivity contribution in [1.82, 2.24) is 0 Å². The summed E-state index contributed by atoms with van der Waals surface area (Å²) < 4.78 is 0. The first-order valence-electron chi connectivity index (χ1n) is 6.88. The highest BCUT2D eigenvalue weighted by molar-refractivity contribution is 8.14. The van der Waals surface area contributed by atoms with Crippen LogP contribution in [0.4, 0.5) is 5.69 Å². The highest BCUT2D eigenvalue weighted by atomic mass is 32.2. The smallest absolute Gasteiger partial charge is 0.161 e. The summed E-state index contributed by atoms with van der Waals surface area (Å²) in [6, 6.07) is 8.23. The van der Waals surface area contributed by atoms with Gasteiger partial charge in [-0.1, -0.05) is 38.6 Å². The molecule has 0 fully saturated rings. The zero-order chi connectivity index (χ0) is 14.8. The summed E-state index contributed by atoms with van der Waals surface area (Å²) >= 11 is 1.76. The fourth-order valence-electron chi connectivity index (χ4n) is 2.15. The maximum absolute atomic E-state index is 8.99. The van der Waals surface area contributed by atoms with Crippen molar-refractivity contribution in [2.75, 3.05) is 11.1 Å². The van der Waals surface area contributed by atoms with Crippen LogP contribution in [-0.4, -0.2) is 17.0 Å². The summed E-state index contributed by atoms with van der Waals surface area (Å²) in [5, 5.41) is 13.3. The van der Waals surface area contributed by atoms with E-state index in [1.807, 2.05) is 25.1 Å². The molecule has 1 N–H and O–H groups in total. The Kier molecular flexibility index (Phi) is 4.39. The molecule has 2 rings (SSSR count). The minimum absolute atomic E-state index is 0.192. The molecular weight excluding hydrogens is 266 g/mol. The number of anilines is 1. The van der Waals surface area contributed by atoms with E-state index < -0.39 is 0 Å². The molecule has 0 radical (unpaired) electrons. The Bertz CT molecular complexity index is 564. The van der Waals surface area contributed by atoms with Crippen molar-refractivity contribution in [3.63, 3.8) is 0 Å². The molecular formula is C16H21N3S. The molecule has 3 nitrogen and oxygen atoms in total. The quantitative estimate of drug-likeness (QED) is 0.842. The minimum Gasteiger partial charge on any atom is -0.335 e. The predicted octanol–water partition coefficient (Wildman–Crippen LogP) is 4.19. The molecule has 106 valence electrons. The number of benzene rings is 1. The van der Waals surface area contributed by atoms with E-state index >= 15 is 0 Å². The molecule has 1 aromatic carbocycles. The van der Waals surface area contributed by atoms with E-state index in [9.17, 15) is 0 Å². The van der Waals surface area contributed by atoms with Gasteiger partial charge in [0.05, 0.1) is 17.7 Å². The van der Waals surface area contributed by atoms with E-state index in [0.717, 1.165) is 28.6 Å². The first kappa shape index (κ1) is 14.9. The highest BCUT2D eigenvalue weighted by Crippen LogP contribution is 2.31. The van der Waals surface area contributed by atoms with Crippen LogP contribution in [0.2, 0.25) is 0 Å². The number of rotatable bonds is 1. The molecule has 0 bridgehead atoms. The van der Waals surface area contributed by atoms with Crippen LogP contribution < -0.4 is 5.32 Å². The number of thioether (sulfide) groups is 1.